The first-order valence-corrected chi connectivity index (χ1v) is 6.57. The van der Waals surface area contributed by atoms with E-state index in [0.29, 0.717) is 5.69 Å². The average molecular weight is 263 g/mol. The fraction of sp³-hybridized carbons (Fsp3) is 0.667. The van der Waals surface area contributed by atoms with Crippen molar-refractivity contribution < 1.29 is 18.3 Å². The Morgan fingerprint density at radius 3 is 2.76 bits per heavy atom. The van der Waals surface area contributed by atoms with E-state index in [-0.39, 0.29) is 23.2 Å². The monoisotopic (exact) mass is 263 g/mol. The molecule has 1 atom stereocenters. The van der Waals surface area contributed by atoms with Crippen molar-refractivity contribution in [3.63, 3.8) is 0 Å². The van der Waals surface area contributed by atoms with Crippen LogP contribution in [-0.4, -0.2) is 43.5 Å². The highest BCUT2D eigenvalue weighted by Gasteiger charge is 2.24. The van der Waals surface area contributed by atoms with Gasteiger partial charge >= 0.3 is 0 Å². The van der Waals surface area contributed by atoms with Crippen molar-refractivity contribution in [2.75, 3.05) is 13.7 Å². The molecule has 0 bridgehead atoms. The Morgan fingerprint density at radius 1 is 1.59 bits per heavy atom. The number of sulfonamides is 1. The summed E-state index contributed by atoms with van der Waals surface area (Å²) in [6, 6.07) is 0. The van der Waals surface area contributed by atoms with Crippen LogP contribution in [0.1, 0.15) is 18.3 Å². The molecule has 1 rings (SSSR count). The van der Waals surface area contributed by atoms with Crippen LogP contribution in [0.2, 0.25) is 0 Å². The molecule has 1 aromatic heterocycles. The first-order valence-electron chi connectivity index (χ1n) is 5.09. The van der Waals surface area contributed by atoms with Crippen LogP contribution in [0.3, 0.4) is 0 Å². The fourth-order valence-corrected chi connectivity index (χ4v) is 2.78. The second-order valence-corrected chi connectivity index (χ2v) is 5.38. The van der Waals surface area contributed by atoms with Crippen molar-refractivity contribution in [2.45, 2.75) is 31.5 Å². The van der Waals surface area contributed by atoms with Crippen LogP contribution in [0.5, 0.6) is 0 Å². The molecule has 8 heteroatoms. The van der Waals surface area contributed by atoms with Gasteiger partial charge in [0.05, 0.1) is 18.4 Å². The van der Waals surface area contributed by atoms with Gasteiger partial charge in [-0.15, -0.1) is 0 Å². The van der Waals surface area contributed by atoms with Gasteiger partial charge in [0.15, 0.2) is 0 Å². The number of H-pyrrole nitrogens is 1. The summed E-state index contributed by atoms with van der Waals surface area (Å²) < 4.78 is 31.3. The van der Waals surface area contributed by atoms with E-state index in [2.05, 4.69) is 14.9 Å². The number of aryl methyl sites for hydroxylation is 1. The minimum atomic E-state index is -3.68. The molecule has 0 amide bonds. The molecule has 0 saturated heterocycles. The number of hydrogen-bond donors (Lipinski definition) is 3. The van der Waals surface area contributed by atoms with Gasteiger partial charge < -0.3 is 9.84 Å². The normalized spacial score (nSPS) is 13.9. The van der Waals surface area contributed by atoms with Crippen LogP contribution in [-0.2, 0) is 21.4 Å². The van der Waals surface area contributed by atoms with Gasteiger partial charge in [0.1, 0.15) is 10.6 Å². The number of aromatic nitrogens is 2. The second kappa shape index (κ2) is 5.58. The molecule has 0 aliphatic heterocycles. The van der Waals surface area contributed by atoms with Crippen molar-refractivity contribution in [1.82, 2.24) is 14.9 Å². The molecular weight excluding hydrogens is 246 g/mol. The van der Waals surface area contributed by atoms with Crippen LogP contribution < -0.4 is 4.72 Å². The number of aromatic amines is 1. The molecule has 0 fully saturated rings. The second-order valence-electron chi connectivity index (χ2n) is 3.68. The van der Waals surface area contributed by atoms with Crippen molar-refractivity contribution >= 4 is 10.0 Å². The van der Waals surface area contributed by atoms with E-state index < -0.39 is 16.6 Å². The summed E-state index contributed by atoms with van der Waals surface area (Å²) in [4.78, 5) is 0.00306. The third-order valence-electron chi connectivity index (χ3n) is 2.34. The van der Waals surface area contributed by atoms with Crippen LogP contribution in [0.25, 0.3) is 0 Å². The average Bonchev–Trinajstić information content (AvgIpc) is 2.68. The highest BCUT2D eigenvalue weighted by Crippen LogP contribution is 2.17. The Balaban J connectivity index is 2.93. The number of hydrogen-bond acceptors (Lipinski definition) is 5. The molecular formula is C9H17N3O4S. The molecule has 98 valence electrons. The standard InChI is InChI=1S/C9H17N3O4S/c1-6(16-3)4-10-17(14,15)9-7(2)11-12-8(9)5-13/h6,10,13H,4-5H2,1-3H3,(H,11,12). The van der Waals surface area contributed by atoms with Crippen molar-refractivity contribution in [2.24, 2.45) is 0 Å². The van der Waals surface area contributed by atoms with Crippen LogP contribution >= 0.6 is 0 Å². The number of methoxy groups -OCH3 is 1. The Labute approximate surface area is 100 Å². The molecule has 7 nitrogen and oxygen atoms in total. The van der Waals surface area contributed by atoms with E-state index in [1.807, 2.05) is 0 Å². The van der Waals surface area contributed by atoms with Gasteiger partial charge in [-0.1, -0.05) is 0 Å². The van der Waals surface area contributed by atoms with Gasteiger partial charge in [-0.25, -0.2) is 13.1 Å². The first-order chi connectivity index (χ1) is 7.92. The third-order valence-corrected chi connectivity index (χ3v) is 3.97. The molecule has 17 heavy (non-hydrogen) atoms. The Kier molecular flexibility index (Phi) is 4.63. The lowest BCUT2D eigenvalue weighted by Crippen LogP contribution is -2.32. The molecule has 3 N–H and O–H groups in total. The fourth-order valence-electron chi connectivity index (χ4n) is 1.32. The lowest BCUT2D eigenvalue weighted by atomic mass is 10.4. The number of aliphatic hydroxyl groups is 1. The van der Waals surface area contributed by atoms with E-state index in [4.69, 9.17) is 9.84 Å². The van der Waals surface area contributed by atoms with Gasteiger partial charge in [-0.3, -0.25) is 5.10 Å². The predicted octanol–water partition coefficient (Wildman–Crippen LogP) is -0.476. The molecule has 1 heterocycles. The molecule has 0 saturated carbocycles. The van der Waals surface area contributed by atoms with Crippen LogP contribution in [0, 0.1) is 6.92 Å². The zero-order valence-corrected chi connectivity index (χ0v) is 10.8. The Bertz CT molecular complexity index is 469. The highest BCUT2D eigenvalue weighted by molar-refractivity contribution is 7.89. The molecule has 0 aromatic carbocycles. The van der Waals surface area contributed by atoms with E-state index in [0.717, 1.165) is 0 Å². The van der Waals surface area contributed by atoms with Gasteiger partial charge in [0.25, 0.3) is 0 Å². The summed E-state index contributed by atoms with van der Waals surface area (Å²) in [5.74, 6) is 0. The Hall–Kier alpha value is -0.960. The summed E-state index contributed by atoms with van der Waals surface area (Å²) in [5, 5.41) is 15.3. The number of aliphatic hydroxyl groups excluding tert-OH is 1. The summed E-state index contributed by atoms with van der Waals surface area (Å²) in [6.07, 6.45) is -0.227. The van der Waals surface area contributed by atoms with E-state index >= 15 is 0 Å². The zero-order valence-electron chi connectivity index (χ0n) is 10.0. The van der Waals surface area contributed by atoms with Gasteiger partial charge in [-0.05, 0) is 13.8 Å². The number of nitrogens with one attached hydrogen (secondary N) is 2. The molecule has 0 aliphatic rings. The van der Waals surface area contributed by atoms with Crippen LogP contribution in [0.15, 0.2) is 4.90 Å². The lowest BCUT2D eigenvalue weighted by molar-refractivity contribution is 0.122. The topological polar surface area (TPSA) is 104 Å². The maximum Gasteiger partial charge on any atom is 0.244 e. The molecule has 0 spiro atoms. The lowest BCUT2D eigenvalue weighted by Gasteiger charge is -2.11. The zero-order chi connectivity index (χ0) is 13.1. The maximum atomic E-state index is 12.0. The summed E-state index contributed by atoms with van der Waals surface area (Å²) in [7, 11) is -2.18. The number of nitrogens with zero attached hydrogens (tertiary/aromatic N) is 1. The third kappa shape index (κ3) is 3.25. The minimum Gasteiger partial charge on any atom is -0.390 e. The number of rotatable bonds is 6. The van der Waals surface area contributed by atoms with E-state index in [1.165, 1.54) is 7.11 Å². The van der Waals surface area contributed by atoms with Gasteiger partial charge in [-0.2, -0.15) is 5.10 Å². The smallest absolute Gasteiger partial charge is 0.244 e. The minimum absolute atomic E-state index is 0.00306. The summed E-state index contributed by atoms with van der Waals surface area (Å²) >= 11 is 0. The maximum absolute atomic E-state index is 12.0. The summed E-state index contributed by atoms with van der Waals surface area (Å²) in [5.41, 5.74) is 0.506. The first kappa shape index (κ1) is 14.1. The molecule has 0 radical (unpaired) electrons. The highest BCUT2D eigenvalue weighted by atomic mass is 32.2. The van der Waals surface area contributed by atoms with Crippen molar-refractivity contribution in [1.29, 1.82) is 0 Å². The van der Waals surface area contributed by atoms with Crippen molar-refractivity contribution in [3.05, 3.63) is 11.4 Å². The van der Waals surface area contributed by atoms with Gasteiger partial charge in [0, 0.05) is 13.7 Å². The van der Waals surface area contributed by atoms with E-state index in [9.17, 15) is 8.42 Å². The molecule has 1 unspecified atom stereocenters. The summed E-state index contributed by atoms with van der Waals surface area (Å²) in [6.45, 7) is 3.06. The molecule has 0 aliphatic carbocycles. The van der Waals surface area contributed by atoms with Crippen molar-refractivity contribution in [3.8, 4) is 0 Å². The Morgan fingerprint density at radius 2 is 2.24 bits per heavy atom. The quantitative estimate of drug-likeness (QED) is 0.643. The largest absolute Gasteiger partial charge is 0.390 e. The van der Waals surface area contributed by atoms with E-state index in [1.54, 1.807) is 13.8 Å². The molecule has 1 aromatic rings. The van der Waals surface area contributed by atoms with Crippen LogP contribution in [0.4, 0.5) is 0 Å². The number of ether oxygens (including phenoxy) is 1. The van der Waals surface area contributed by atoms with Gasteiger partial charge in [0.2, 0.25) is 10.0 Å². The SMILES string of the molecule is COC(C)CNS(=O)(=O)c1c(CO)n[nH]c1C. The predicted molar refractivity (Wildman–Crippen MR) is 60.9 cm³/mol.